The van der Waals surface area contributed by atoms with Gasteiger partial charge in [-0.3, -0.25) is 9.59 Å². The summed E-state index contributed by atoms with van der Waals surface area (Å²) >= 11 is 0. The summed E-state index contributed by atoms with van der Waals surface area (Å²) in [5, 5.41) is 2.90. The highest BCUT2D eigenvalue weighted by Crippen LogP contribution is 2.35. The molecular formula is C18H17NO3. The average Bonchev–Trinajstić information content (AvgIpc) is 2.54. The number of ether oxygens (including phenoxy) is 1. The van der Waals surface area contributed by atoms with E-state index in [1.807, 2.05) is 48.5 Å². The van der Waals surface area contributed by atoms with Crippen molar-refractivity contribution in [3.8, 4) is 5.75 Å². The normalized spacial score (nSPS) is 16.5. The summed E-state index contributed by atoms with van der Waals surface area (Å²) in [7, 11) is 0. The average molecular weight is 295 g/mol. The van der Waals surface area contributed by atoms with Crippen LogP contribution in [0.4, 0.5) is 0 Å². The Bertz CT molecular complexity index is 682. The number of hydrogen-bond acceptors (Lipinski definition) is 3. The van der Waals surface area contributed by atoms with Crippen molar-refractivity contribution >= 4 is 11.9 Å². The number of para-hydroxylation sites is 1. The van der Waals surface area contributed by atoms with Crippen LogP contribution in [-0.4, -0.2) is 11.9 Å². The summed E-state index contributed by atoms with van der Waals surface area (Å²) in [6, 6.07) is 17.1. The molecule has 1 aliphatic rings. The highest BCUT2D eigenvalue weighted by molar-refractivity contribution is 5.81. The molecule has 1 amide bonds. The summed E-state index contributed by atoms with van der Waals surface area (Å²) in [4.78, 5) is 23.8. The van der Waals surface area contributed by atoms with Crippen LogP contribution in [0.5, 0.6) is 5.75 Å². The topological polar surface area (TPSA) is 55.4 Å². The van der Waals surface area contributed by atoms with Crippen molar-refractivity contribution in [1.29, 1.82) is 0 Å². The zero-order valence-corrected chi connectivity index (χ0v) is 12.1. The highest BCUT2D eigenvalue weighted by Gasteiger charge is 2.28. The summed E-state index contributed by atoms with van der Waals surface area (Å²) in [6.45, 7) is 0.498. The monoisotopic (exact) mass is 295 g/mol. The van der Waals surface area contributed by atoms with Gasteiger partial charge in [0.05, 0.1) is 6.42 Å². The highest BCUT2D eigenvalue weighted by atomic mass is 16.5. The lowest BCUT2D eigenvalue weighted by atomic mass is 9.89. The molecule has 4 nitrogen and oxygen atoms in total. The molecule has 1 atom stereocenters. The van der Waals surface area contributed by atoms with Gasteiger partial charge in [0, 0.05) is 18.9 Å². The van der Waals surface area contributed by atoms with Gasteiger partial charge in [0.1, 0.15) is 5.75 Å². The van der Waals surface area contributed by atoms with Crippen LogP contribution in [-0.2, 0) is 16.1 Å². The lowest BCUT2D eigenvalue weighted by Crippen LogP contribution is -2.28. The van der Waals surface area contributed by atoms with Crippen molar-refractivity contribution in [3.05, 3.63) is 65.7 Å². The van der Waals surface area contributed by atoms with Crippen LogP contribution in [0.25, 0.3) is 0 Å². The molecule has 112 valence electrons. The minimum Gasteiger partial charge on any atom is -0.426 e. The quantitative estimate of drug-likeness (QED) is 0.697. The number of benzene rings is 2. The molecule has 22 heavy (non-hydrogen) atoms. The minimum atomic E-state index is -0.278. The number of amides is 1. The van der Waals surface area contributed by atoms with Crippen LogP contribution in [0, 0.1) is 0 Å². The van der Waals surface area contributed by atoms with E-state index in [-0.39, 0.29) is 24.2 Å². The van der Waals surface area contributed by atoms with Crippen LogP contribution in [0.2, 0.25) is 0 Å². The molecule has 0 fully saturated rings. The number of carbonyl (C=O) groups is 2. The van der Waals surface area contributed by atoms with E-state index >= 15 is 0 Å². The van der Waals surface area contributed by atoms with Gasteiger partial charge in [0.15, 0.2) is 0 Å². The Labute approximate surface area is 129 Å². The lowest BCUT2D eigenvalue weighted by molar-refractivity contribution is -0.136. The molecule has 0 aliphatic carbocycles. The van der Waals surface area contributed by atoms with Crippen molar-refractivity contribution in [1.82, 2.24) is 5.32 Å². The maximum Gasteiger partial charge on any atom is 0.311 e. The Balaban J connectivity index is 1.63. The van der Waals surface area contributed by atoms with Crippen LogP contribution in [0.3, 0.4) is 0 Å². The molecule has 0 radical (unpaired) electrons. The van der Waals surface area contributed by atoms with E-state index in [1.165, 1.54) is 0 Å². The van der Waals surface area contributed by atoms with Gasteiger partial charge < -0.3 is 10.1 Å². The molecule has 0 spiro atoms. The summed E-state index contributed by atoms with van der Waals surface area (Å²) < 4.78 is 5.20. The summed E-state index contributed by atoms with van der Waals surface area (Å²) in [6.07, 6.45) is 0.536. The largest absolute Gasteiger partial charge is 0.426 e. The predicted octanol–water partition coefficient (Wildman–Crippen LogP) is 2.79. The maximum absolute atomic E-state index is 12.1. The summed E-state index contributed by atoms with van der Waals surface area (Å²) in [5.74, 6) is 0.116. The Morgan fingerprint density at radius 3 is 2.64 bits per heavy atom. The first-order valence-corrected chi connectivity index (χ1v) is 7.32. The molecule has 4 heteroatoms. The van der Waals surface area contributed by atoms with Gasteiger partial charge in [-0.15, -0.1) is 0 Å². The third-order valence-electron chi connectivity index (χ3n) is 3.76. The molecular weight excluding hydrogens is 278 g/mol. The molecule has 0 saturated carbocycles. The van der Waals surface area contributed by atoms with Gasteiger partial charge >= 0.3 is 5.97 Å². The number of esters is 1. The maximum atomic E-state index is 12.1. The van der Waals surface area contributed by atoms with Crippen LogP contribution in [0.15, 0.2) is 54.6 Å². The number of hydrogen-bond donors (Lipinski definition) is 1. The third-order valence-corrected chi connectivity index (χ3v) is 3.76. The SMILES string of the molecule is O=C(CC1CC(=O)Oc2ccccc21)NCc1ccccc1. The Morgan fingerprint density at radius 2 is 1.82 bits per heavy atom. The number of carbonyl (C=O) groups excluding carboxylic acids is 2. The fraction of sp³-hybridized carbons (Fsp3) is 0.222. The Hall–Kier alpha value is -2.62. The van der Waals surface area contributed by atoms with Gasteiger partial charge in [-0.05, 0) is 17.2 Å². The molecule has 3 rings (SSSR count). The van der Waals surface area contributed by atoms with E-state index in [9.17, 15) is 9.59 Å². The second kappa shape index (κ2) is 6.43. The number of nitrogens with one attached hydrogen (secondary N) is 1. The lowest BCUT2D eigenvalue weighted by Gasteiger charge is -2.23. The second-order valence-electron chi connectivity index (χ2n) is 5.38. The molecule has 1 heterocycles. The van der Waals surface area contributed by atoms with E-state index in [4.69, 9.17) is 4.74 Å². The van der Waals surface area contributed by atoms with Crippen molar-refractivity contribution in [2.24, 2.45) is 0 Å². The second-order valence-corrected chi connectivity index (χ2v) is 5.38. The van der Waals surface area contributed by atoms with Crippen LogP contribution < -0.4 is 10.1 Å². The van der Waals surface area contributed by atoms with Gasteiger partial charge in [-0.1, -0.05) is 48.5 Å². The molecule has 2 aromatic carbocycles. The molecule has 0 bridgehead atoms. The van der Waals surface area contributed by atoms with Gasteiger partial charge in [0.25, 0.3) is 0 Å². The first kappa shape index (κ1) is 14.3. The van der Waals surface area contributed by atoms with Crippen molar-refractivity contribution in [2.75, 3.05) is 0 Å². The number of rotatable bonds is 4. The Kier molecular flexibility index (Phi) is 4.19. The van der Waals surface area contributed by atoms with Crippen LogP contribution in [0.1, 0.15) is 29.9 Å². The molecule has 0 aromatic heterocycles. The zero-order valence-electron chi connectivity index (χ0n) is 12.1. The van der Waals surface area contributed by atoms with Crippen LogP contribution >= 0.6 is 0 Å². The van der Waals surface area contributed by atoms with Gasteiger partial charge in [-0.2, -0.15) is 0 Å². The molecule has 1 N–H and O–H groups in total. The van der Waals surface area contributed by atoms with Gasteiger partial charge in [0.2, 0.25) is 5.91 Å². The summed E-state index contributed by atoms with van der Waals surface area (Å²) in [5.41, 5.74) is 1.98. The van der Waals surface area contributed by atoms with E-state index in [2.05, 4.69) is 5.32 Å². The van der Waals surface area contributed by atoms with E-state index in [0.29, 0.717) is 18.7 Å². The smallest absolute Gasteiger partial charge is 0.311 e. The Morgan fingerprint density at radius 1 is 1.09 bits per heavy atom. The number of fused-ring (bicyclic) bond motifs is 1. The zero-order chi connectivity index (χ0) is 15.4. The first-order valence-electron chi connectivity index (χ1n) is 7.32. The van der Waals surface area contributed by atoms with Crippen molar-refractivity contribution in [3.63, 3.8) is 0 Å². The van der Waals surface area contributed by atoms with Gasteiger partial charge in [-0.25, -0.2) is 0 Å². The standard InChI is InChI=1S/C18H17NO3/c20-17(19-12-13-6-2-1-3-7-13)10-14-11-18(21)22-16-9-5-4-8-15(14)16/h1-9,14H,10-12H2,(H,19,20). The fourth-order valence-corrected chi connectivity index (χ4v) is 2.66. The minimum absolute atomic E-state index is 0.0571. The van der Waals surface area contributed by atoms with Crippen molar-refractivity contribution in [2.45, 2.75) is 25.3 Å². The molecule has 0 saturated heterocycles. The fourth-order valence-electron chi connectivity index (χ4n) is 2.66. The molecule has 2 aromatic rings. The predicted molar refractivity (Wildman–Crippen MR) is 82.3 cm³/mol. The van der Waals surface area contributed by atoms with E-state index < -0.39 is 0 Å². The first-order chi connectivity index (χ1) is 10.7. The molecule has 1 unspecified atom stereocenters. The third kappa shape index (κ3) is 3.34. The van der Waals surface area contributed by atoms with E-state index in [0.717, 1.165) is 11.1 Å². The van der Waals surface area contributed by atoms with Crippen molar-refractivity contribution < 1.29 is 14.3 Å². The van der Waals surface area contributed by atoms with E-state index in [1.54, 1.807) is 6.07 Å². The molecule has 1 aliphatic heterocycles.